The van der Waals surface area contributed by atoms with E-state index in [1.165, 1.54) is 18.2 Å². The van der Waals surface area contributed by atoms with Crippen LogP contribution in [-0.4, -0.2) is 22.4 Å². The van der Waals surface area contributed by atoms with Crippen LogP contribution in [-0.2, 0) is 6.42 Å². The van der Waals surface area contributed by atoms with Crippen LogP contribution >= 0.6 is 11.6 Å². The standard InChI is InChI=1S/C11H14ClFO2/c1-2-10(14)11(15)6-7-5-8(12)3-4-9(7)13/h3-5,10-11,14-15H,2,6H2,1H3. The van der Waals surface area contributed by atoms with Crippen molar-refractivity contribution in [2.75, 3.05) is 0 Å². The van der Waals surface area contributed by atoms with Crippen LogP contribution in [0.25, 0.3) is 0 Å². The molecule has 0 radical (unpaired) electrons. The summed E-state index contributed by atoms with van der Waals surface area (Å²) in [6.07, 6.45) is -1.28. The lowest BCUT2D eigenvalue weighted by Gasteiger charge is -2.16. The Kier molecular flexibility index (Phi) is 4.51. The number of hydrogen-bond acceptors (Lipinski definition) is 2. The Bertz CT molecular complexity index is 330. The highest BCUT2D eigenvalue weighted by Crippen LogP contribution is 2.17. The molecule has 0 aliphatic carbocycles. The summed E-state index contributed by atoms with van der Waals surface area (Å²) in [5.41, 5.74) is 0.322. The average molecular weight is 233 g/mol. The Morgan fingerprint density at radius 2 is 2.00 bits per heavy atom. The Hall–Kier alpha value is -0.640. The first-order valence-corrected chi connectivity index (χ1v) is 5.22. The maximum atomic E-state index is 13.2. The molecule has 0 heterocycles. The van der Waals surface area contributed by atoms with E-state index in [4.69, 9.17) is 11.6 Å². The molecule has 2 unspecified atom stereocenters. The van der Waals surface area contributed by atoms with Crippen molar-refractivity contribution in [3.05, 3.63) is 34.6 Å². The normalized spacial score (nSPS) is 15.0. The van der Waals surface area contributed by atoms with Gasteiger partial charge in [0.1, 0.15) is 5.82 Å². The minimum absolute atomic E-state index is 0.0708. The summed E-state index contributed by atoms with van der Waals surface area (Å²) in [6, 6.07) is 4.16. The first-order valence-electron chi connectivity index (χ1n) is 4.84. The van der Waals surface area contributed by atoms with Gasteiger partial charge in [-0.2, -0.15) is 0 Å². The molecule has 0 aliphatic rings. The van der Waals surface area contributed by atoms with Crippen molar-refractivity contribution in [3.63, 3.8) is 0 Å². The largest absolute Gasteiger partial charge is 0.390 e. The molecule has 1 rings (SSSR count). The zero-order chi connectivity index (χ0) is 11.4. The molecule has 0 aliphatic heterocycles. The van der Waals surface area contributed by atoms with Crippen molar-refractivity contribution in [1.29, 1.82) is 0 Å². The molecule has 4 heteroatoms. The van der Waals surface area contributed by atoms with Gasteiger partial charge in [-0.15, -0.1) is 0 Å². The van der Waals surface area contributed by atoms with Gasteiger partial charge < -0.3 is 10.2 Å². The number of hydrogen-bond donors (Lipinski definition) is 2. The number of benzene rings is 1. The van der Waals surface area contributed by atoms with Gasteiger partial charge >= 0.3 is 0 Å². The van der Waals surface area contributed by atoms with Gasteiger partial charge in [0.15, 0.2) is 0 Å². The average Bonchev–Trinajstić information content (AvgIpc) is 2.22. The topological polar surface area (TPSA) is 40.5 Å². The zero-order valence-corrected chi connectivity index (χ0v) is 9.21. The van der Waals surface area contributed by atoms with E-state index >= 15 is 0 Å². The van der Waals surface area contributed by atoms with Crippen molar-refractivity contribution >= 4 is 11.6 Å². The predicted molar refractivity (Wildman–Crippen MR) is 57.4 cm³/mol. The Morgan fingerprint density at radius 3 is 2.60 bits per heavy atom. The zero-order valence-electron chi connectivity index (χ0n) is 8.45. The highest BCUT2D eigenvalue weighted by Gasteiger charge is 2.16. The molecule has 2 atom stereocenters. The third kappa shape index (κ3) is 3.45. The summed E-state index contributed by atoms with van der Waals surface area (Å²) >= 11 is 5.70. The molecule has 2 N–H and O–H groups in total. The number of halogens is 2. The van der Waals surface area contributed by atoms with Gasteiger partial charge in [-0.25, -0.2) is 4.39 Å². The van der Waals surface area contributed by atoms with Crippen molar-refractivity contribution in [2.45, 2.75) is 32.0 Å². The van der Waals surface area contributed by atoms with Gasteiger partial charge in [0, 0.05) is 11.4 Å². The number of rotatable bonds is 4. The summed E-state index contributed by atoms with van der Waals surface area (Å²) in [4.78, 5) is 0. The van der Waals surface area contributed by atoms with Crippen molar-refractivity contribution < 1.29 is 14.6 Å². The van der Waals surface area contributed by atoms with Gasteiger partial charge in [0.25, 0.3) is 0 Å². The van der Waals surface area contributed by atoms with Crippen LogP contribution in [0.3, 0.4) is 0 Å². The third-order valence-electron chi connectivity index (χ3n) is 2.30. The van der Waals surface area contributed by atoms with Crippen molar-refractivity contribution in [3.8, 4) is 0 Å². The smallest absolute Gasteiger partial charge is 0.126 e. The lowest BCUT2D eigenvalue weighted by Crippen LogP contribution is -2.27. The minimum atomic E-state index is -0.956. The SMILES string of the molecule is CCC(O)C(O)Cc1cc(Cl)ccc1F. The fraction of sp³-hybridized carbons (Fsp3) is 0.455. The van der Waals surface area contributed by atoms with E-state index in [9.17, 15) is 14.6 Å². The van der Waals surface area contributed by atoms with E-state index in [1.54, 1.807) is 6.92 Å². The second-order valence-electron chi connectivity index (χ2n) is 3.48. The maximum Gasteiger partial charge on any atom is 0.126 e. The van der Waals surface area contributed by atoms with E-state index < -0.39 is 18.0 Å². The number of aliphatic hydroxyl groups excluding tert-OH is 2. The quantitative estimate of drug-likeness (QED) is 0.835. The highest BCUT2D eigenvalue weighted by molar-refractivity contribution is 6.30. The fourth-order valence-corrected chi connectivity index (χ4v) is 1.53. The predicted octanol–water partition coefficient (Wildman–Crippen LogP) is 2.15. The Morgan fingerprint density at radius 1 is 1.33 bits per heavy atom. The lowest BCUT2D eigenvalue weighted by atomic mass is 10.0. The van der Waals surface area contributed by atoms with Crippen LogP contribution in [0.15, 0.2) is 18.2 Å². The molecule has 1 aromatic rings. The first-order chi connectivity index (χ1) is 7.04. The molecule has 0 saturated carbocycles. The van der Waals surface area contributed by atoms with Gasteiger partial charge in [-0.1, -0.05) is 18.5 Å². The van der Waals surface area contributed by atoms with E-state index in [0.29, 0.717) is 17.0 Å². The van der Waals surface area contributed by atoms with E-state index in [-0.39, 0.29) is 6.42 Å². The molecular formula is C11H14ClFO2. The van der Waals surface area contributed by atoms with Crippen LogP contribution in [0, 0.1) is 5.82 Å². The van der Waals surface area contributed by atoms with E-state index in [1.807, 2.05) is 0 Å². The molecule has 0 saturated heterocycles. The second-order valence-corrected chi connectivity index (χ2v) is 3.92. The van der Waals surface area contributed by atoms with Crippen molar-refractivity contribution in [1.82, 2.24) is 0 Å². The Labute approximate surface area is 93.3 Å². The van der Waals surface area contributed by atoms with Crippen LogP contribution < -0.4 is 0 Å². The van der Waals surface area contributed by atoms with E-state index in [2.05, 4.69) is 0 Å². The maximum absolute atomic E-state index is 13.2. The molecule has 84 valence electrons. The molecular weight excluding hydrogens is 219 g/mol. The third-order valence-corrected chi connectivity index (χ3v) is 2.53. The first kappa shape index (κ1) is 12.4. The molecule has 15 heavy (non-hydrogen) atoms. The summed E-state index contributed by atoms with van der Waals surface area (Å²) in [5, 5.41) is 19.3. The fourth-order valence-electron chi connectivity index (χ4n) is 1.33. The van der Waals surface area contributed by atoms with Gasteiger partial charge in [0.05, 0.1) is 12.2 Å². The Balaban J connectivity index is 2.75. The van der Waals surface area contributed by atoms with Gasteiger partial charge in [0.2, 0.25) is 0 Å². The van der Waals surface area contributed by atoms with Gasteiger partial charge in [-0.3, -0.25) is 0 Å². The van der Waals surface area contributed by atoms with Crippen LogP contribution in [0.4, 0.5) is 4.39 Å². The number of aliphatic hydroxyl groups is 2. The second kappa shape index (κ2) is 5.45. The molecule has 0 spiro atoms. The summed E-state index contributed by atoms with van der Waals surface area (Å²) in [5.74, 6) is -0.415. The monoisotopic (exact) mass is 232 g/mol. The lowest BCUT2D eigenvalue weighted by molar-refractivity contribution is 0.0177. The molecule has 1 aromatic carbocycles. The van der Waals surface area contributed by atoms with Crippen LogP contribution in [0.5, 0.6) is 0 Å². The van der Waals surface area contributed by atoms with E-state index in [0.717, 1.165) is 0 Å². The molecule has 0 aromatic heterocycles. The molecule has 2 nitrogen and oxygen atoms in total. The van der Waals surface area contributed by atoms with Crippen LogP contribution in [0.1, 0.15) is 18.9 Å². The highest BCUT2D eigenvalue weighted by atomic mass is 35.5. The van der Waals surface area contributed by atoms with Crippen molar-refractivity contribution in [2.24, 2.45) is 0 Å². The van der Waals surface area contributed by atoms with Crippen LogP contribution in [0.2, 0.25) is 5.02 Å². The molecule has 0 fully saturated rings. The van der Waals surface area contributed by atoms with Gasteiger partial charge in [-0.05, 0) is 30.2 Å². The summed E-state index contributed by atoms with van der Waals surface area (Å²) in [7, 11) is 0. The summed E-state index contributed by atoms with van der Waals surface area (Å²) < 4.78 is 13.2. The minimum Gasteiger partial charge on any atom is -0.390 e. The summed E-state index contributed by atoms with van der Waals surface area (Å²) in [6.45, 7) is 1.75. The molecule has 0 bridgehead atoms. The molecule has 0 amide bonds.